The van der Waals surface area contributed by atoms with Crippen molar-refractivity contribution in [3.63, 3.8) is 0 Å². The summed E-state index contributed by atoms with van der Waals surface area (Å²) in [6.07, 6.45) is 3.55. The summed E-state index contributed by atoms with van der Waals surface area (Å²) >= 11 is 0. The Kier molecular flexibility index (Phi) is 3.12. The van der Waals surface area contributed by atoms with Gasteiger partial charge < -0.3 is 4.74 Å². The maximum Gasteiger partial charge on any atom is 0.0691 e. The molecule has 0 amide bonds. The summed E-state index contributed by atoms with van der Waals surface area (Å²) in [7, 11) is 0. The quantitative estimate of drug-likeness (QED) is 0.819. The van der Waals surface area contributed by atoms with Gasteiger partial charge in [-0.3, -0.25) is 0 Å². The number of hydrogen-bond donors (Lipinski definition) is 0. The Morgan fingerprint density at radius 3 is 2.00 bits per heavy atom. The predicted octanol–water partition coefficient (Wildman–Crippen LogP) is 3.23. The minimum atomic E-state index is 0.411. The van der Waals surface area contributed by atoms with Gasteiger partial charge in [-0.25, -0.2) is 0 Å². The molecule has 3 heteroatoms. The largest absolute Gasteiger partial charge is 0.380 e. The minimum absolute atomic E-state index is 0.411. The van der Waals surface area contributed by atoms with Crippen molar-refractivity contribution in [3.05, 3.63) is 22.5 Å². The lowest BCUT2D eigenvalue weighted by Gasteiger charge is -2.45. The zero-order chi connectivity index (χ0) is 13.6. The van der Waals surface area contributed by atoms with Crippen LogP contribution in [0.1, 0.15) is 68.5 Å². The van der Waals surface area contributed by atoms with Crippen LogP contribution in [0.5, 0.6) is 0 Å². The van der Waals surface area contributed by atoms with Gasteiger partial charge >= 0.3 is 0 Å². The molecular formula is C16H24N2O. The number of fused-ring (bicyclic) bond motifs is 1. The molecule has 0 saturated carbocycles. The molecule has 3 nitrogen and oxygen atoms in total. The maximum atomic E-state index is 5.47. The van der Waals surface area contributed by atoms with Crippen LogP contribution in [0.15, 0.2) is 0 Å². The molecular weight excluding hydrogens is 236 g/mol. The molecule has 0 aromatic carbocycles. The molecule has 0 unspecified atom stereocenters. The molecule has 1 aromatic rings. The highest BCUT2D eigenvalue weighted by molar-refractivity contribution is 5.39. The Morgan fingerprint density at radius 1 is 0.947 bits per heavy atom. The molecule has 1 fully saturated rings. The Bertz CT molecular complexity index is 490. The van der Waals surface area contributed by atoms with Crippen LogP contribution in [-0.2, 0) is 17.6 Å². The normalized spacial score (nSPS) is 20.7. The van der Waals surface area contributed by atoms with Crippen LogP contribution in [0.4, 0.5) is 0 Å². The summed E-state index contributed by atoms with van der Waals surface area (Å²) < 4.78 is 5.47. The van der Waals surface area contributed by atoms with Gasteiger partial charge in [0.15, 0.2) is 0 Å². The topological polar surface area (TPSA) is 35.0 Å². The van der Waals surface area contributed by atoms with Crippen molar-refractivity contribution in [2.45, 2.75) is 58.8 Å². The van der Waals surface area contributed by atoms with E-state index in [4.69, 9.17) is 4.74 Å². The summed E-state index contributed by atoms with van der Waals surface area (Å²) in [6, 6.07) is 0. The second-order valence-corrected chi connectivity index (χ2v) is 6.91. The van der Waals surface area contributed by atoms with E-state index < -0.39 is 0 Å². The second kappa shape index (κ2) is 4.55. The fourth-order valence-electron chi connectivity index (χ4n) is 3.43. The van der Waals surface area contributed by atoms with Crippen LogP contribution in [0, 0.1) is 5.41 Å². The maximum absolute atomic E-state index is 5.47. The van der Waals surface area contributed by atoms with Gasteiger partial charge in [-0.15, -0.1) is 0 Å². The van der Waals surface area contributed by atoms with Crippen molar-refractivity contribution in [3.8, 4) is 0 Å². The average Bonchev–Trinajstić information content (AvgIpc) is 2.34. The van der Waals surface area contributed by atoms with Gasteiger partial charge in [-0.05, 0) is 42.2 Å². The van der Waals surface area contributed by atoms with Gasteiger partial charge in [0.1, 0.15) is 0 Å². The van der Waals surface area contributed by atoms with E-state index in [1.165, 1.54) is 28.9 Å². The van der Waals surface area contributed by atoms with Crippen LogP contribution >= 0.6 is 0 Å². The molecule has 0 atom stereocenters. The molecule has 1 aliphatic heterocycles. The third-order valence-corrected chi connectivity index (χ3v) is 4.62. The third kappa shape index (κ3) is 2.08. The van der Waals surface area contributed by atoms with Crippen molar-refractivity contribution in [2.24, 2.45) is 5.41 Å². The highest BCUT2D eigenvalue weighted by atomic mass is 16.5. The van der Waals surface area contributed by atoms with E-state index in [2.05, 4.69) is 37.9 Å². The summed E-state index contributed by atoms with van der Waals surface area (Å²) in [5, 5.41) is 9.07. The van der Waals surface area contributed by atoms with Crippen LogP contribution < -0.4 is 0 Å². The lowest BCUT2D eigenvalue weighted by Crippen LogP contribution is -2.47. The van der Waals surface area contributed by atoms with Crippen molar-refractivity contribution >= 4 is 0 Å². The standard InChI is InChI=1S/C16H24N2O/c1-10(2)14-12-5-6-16(8-19-9-16)7-13(12)15(11(3)4)18-17-14/h10-11H,5-9H2,1-4H3. The first-order valence-electron chi connectivity index (χ1n) is 7.48. The van der Waals surface area contributed by atoms with E-state index in [0.29, 0.717) is 17.3 Å². The zero-order valence-electron chi connectivity index (χ0n) is 12.5. The molecule has 1 aliphatic carbocycles. The van der Waals surface area contributed by atoms with Crippen LogP contribution in [0.25, 0.3) is 0 Å². The minimum Gasteiger partial charge on any atom is -0.380 e. The van der Waals surface area contributed by atoms with Gasteiger partial charge in [0.2, 0.25) is 0 Å². The Hall–Kier alpha value is -0.960. The highest BCUT2D eigenvalue weighted by Gasteiger charge is 2.43. The fourth-order valence-corrected chi connectivity index (χ4v) is 3.43. The molecule has 3 rings (SSSR count). The fraction of sp³-hybridized carbons (Fsp3) is 0.750. The first-order chi connectivity index (χ1) is 9.02. The summed E-state index contributed by atoms with van der Waals surface area (Å²) in [5.74, 6) is 0.924. The van der Waals surface area contributed by atoms with Crippen LogP contribution in [-0.4, -0.2) is 23.4 Å². The van der Waals surface area contributed by atoms with Crippen molar-refractivity contribution in [1.82, 2.24) is 10.2 Å². The molecule has 0 N–H and O–H groups in total. The van der Waals surface area contributed by atoms with Crippen molar-refractivity contribution < 1.29 is 4.74 Å². The SMILES string of the molecule is CC(C)c1nnc(C(C)C)c2c1CCC1(COC1)C2. The van der Waals surface area contributed by atoms with Gasteiger partial charge in [0, 0.05) is 5.41 Å². The van der Waals surface area contributed by atoms with Crippen molar-refractivity contribution in [1.29, 1.82) is 0 Å². The molecule has 1 aromatic heterocycles. The van der Waals surface area contributed by atoms with E-state index in [-0.39, 0.29) is 0 Å². The Morgan fingerprint density at radius 2 is 1.53 bits per heavy atom. The van der Waals surface area contributed by atoms with Crippen LogP contribution in [0.3, 0.4) is 0 Å². The Balaban J connectivity index is 2.08. The lowest BCUT2D eigenvalue weighted by atomic mass is 9.68. The second-order valence-electron chi connectivity index (χ2n) is 6.91. The van der Waals surface area contributed by atoms with E-state index in [9.17, 15) is 0 Å². The number of rotatable bonds is 2. The van der Waals surface area contributed by atoms with Gasteiger partial charge in [0.05, 0.1) is 24.6 Å². The smallest absolute Gasteiger partial charge is 0.0691 e. The molecule has 19 heavy (non-hydrogen) atoms. The zero-order valence-corrected chi connectivity index (χ0v) is 12.5. The van der Waals surface area contributed by atoms with Gasteiger partial charge in [-0.1, -0.05) is 27.7 Å². The predicted molar refractivity (Wildman–Crippen MR) is 75.5 cm³/mol. The highest BCUT2D eigenvalue weighted by Crippen LogP contribution is 2.44. The number of hydrogen-bond acceptors (Lipinski definition) is 3. The molecule has 2 aliphatic rings. The van der Waals surface area contributed by atoms with E-state index in [1.807, 2.05) is 0 Å². The number of nitrogens with zero attached hydrogens (tertiary/aromatic N) is 2. The molecule has 104 valence electrons. The first kappa shape index (κ1) is 13.0. The van der Waals surface area contributed by atoms with Crippen molar-refractivity contribution in [2.75, 3.05) is 13.2 Å². The van der Waals surface area contributed by atoms with Crippen LogP contribution in [0.2, 0.25) is 0 Å². The first-order valence-corrected chi connectivity index (χ1v) is 7.48. The molecule has 1 saturated heterocycles. The third-order valence-electron chi connectivity index (χ3n) is 4.62. The molecule has 0 bridgehead atoms. The number of ether oxygens (including phenoxy) is 1. The summed E-state index contributed by atoms with van der Waals surface area (Å²) in [4.78, 5) is 0. The monoisotopic (exact) mass is 260 g/mol. The van der Waals surface area contributed by atoms with Gasteiger partial charge in [0.25, 0.3) is 0 Å². The van der Waals surface area contributed by atoms with Gasteiger partial charge in [-0.2, -0.15) is 10.2 Å². The molecule has 2 heterocycles. The molecule has 0 radical (unpaired) electrons. The van der Waals surface area contributed by atoms with E-state index in [0.717, 1.165) is 26.1 Å². The Labute approximate surface area is 115 Å². The molecule has 1 spiro atoms. The average molecular weight is 260 g/mol. The summed E-state index contributed by atoms with van der Waals surface area (Å²) in [6.45, 7) is 10.7. The van der Waals surface area contributed by atoms with E-state index >= 15 is 0 Å². The van der Waals surface area contributed by atoms with E-state index in [1.54, 1.807) is 0 Å². The number of aromatic nitrogens is 2. The summed E-state index contributed by atoms with van der Waals surface area (Å²) in [5.41, 5.74) is 5.82. The lowest BCUT2D eigenvalue weighted by molar-refractivity contribution is -0.119.